The molecular formula is C28H44N2. The summed E-state index contributed by atoms with van der Waals surface area (Å²) >= 11 is 0. The molecule has 0 aliphatic rings. The molecule has 0 N–H and O–H groups in total. The van der Waals surface area contributed by atoms with E-state index >= 15 is 0 Å². The molecule has 0 saturated heterocycles. The lowest BCUT2D eigenvalue weighted by molar-refractivity contribution is 0.302. The van der Waals surface area contributed by atoms with Crippen LogP contribution in [0.25, 0.3) is 0 Å². The third-order valence-corrected chi connectivity index (χ3v) is 6.91. The lowest BCUT2D eigenvalue weighted by Gasteiger charge is -2.51. The second kappa shape index (κ2) is 9.04. The molecule has 1 unspecified atom stereocenters. The zero-order valence-electron chi connectivity index (χ0n) is 21.4. The molecule has 2 aromatic carbocycles. The maximum Gasteiger partial charge on any atom is 0.0432 e. The van der Waals surface area contributed by atoms with Crippen molar-refractivity contribution in [1.29, 1.82) is 0 Å². The van der Waals surface area contributed by atoms with Crippen molar-refractivity contribution in [3.05, 3.63) is 58.7 Å². The van der Waals surface area contributed by atoms with Gasteiger partial charge < -0.3 is 9.80 Å². The molecule has 2 nitrogen and oxygen atoms in total. The molecule has 0 aliphatic carbocycles. The van der Waals surface area contributed by atoms with Gasteiger partial charge in [0, 0.05) is 35.5 Å². The van der Waals surface area contributed by atoms with E-state index in [-0.39, 0.29) is 11.1 Å². The van der Waals surface area contributed by atoms with Gasteiger partial charge in [-0.3, -0.25) is 0 Å². The highest BCUT2D eigenvalue weighted by Gasteiger charge is 2.39. The zero-order valence-corrected chi connectivity index (χ0v) is 21.4. The molecule has 2 rings (SSSR count). The molecule has 0 spiro atoms. The van der Waals surface area contributed by atoms with Gasteiger partial charge >= 0.3 is 0 Å². The fraction of sp³-hybridized carbons (Fsp3) is 0.571. The second-order valence-corrected chi connectivity index (χ2v) is 10.5. The van der Waals surface area contributed by atoms with Crippen molar-refractivity contribution in [3.63, 3.8) is 0 Å². The van der Waals surface area contributed by atoms with Gasteiger partial charge in [-0.25, -0.2) is 0 Å². The number of hydrogen-bond donors (Lipinski definition) is 0. The Labute approximate surface area is 186 Å². The summed E-state index contributed by atoms with van der Waals surface area (Å²) in [4.78, 5) is 5.19. The lowest BCUT2D eigenvalue weighted by Crippen LogP contribution is -2.56. The molecule has 0 aromatic heterocycles. The summed E-state index contributed by atoms with van der Waals surface area (Å²) in [5.74, 6) is 0. The van der Waals surface area contributed by atoms with Crippen LogP contribution >= 0.6 is 0 Å². The van der Waals surface area contributed by atoms with Crippen molar-refractivity contribution in [2.75, 3.05) is 16.8 Å². The molecule has 1 atom stereocenters. The molecule has 166 valence electrons. The Morgan fingerprint density at radius 2 is 1.13 bits per heavy atom. The molecule has 0 heterocycles. The van der Waals surface area contributed by atoms with E-state index in [0.717, 1.165) is 12.8 Å². The normalized spacial score (nSPS) is 13.3. The number of para-hydroxylation sites is 2. The Hall–Kier alpha value is -1.96. The maximum atomic E-state index is 2.69. The van der Waals surface area contributed by atoms with Crippen LogP contribution in [-0.2, 0) is 0 Å². The summed E-state index contributed by atoms with van der Waals surface area (Å²) in [6.07, 6.45) is 2.19. The average Bonchev–Trinajstić information content (AvgIpc) is 2.63. The molecule has 0 fully saturated rings. The summed E-state index contributed by atoms with van der Waals surface area (Å²) < 4.78 is 0. The highest BCUT2D eigenvalue weighted by atomic mass is 15.2. The van der Waals surface area contributed by atoms with Crippen LogP contribution in [0.2, 0.25) is 0 Å². The van der Waals surface area contributed by atoms with Gasteiger partial charge in [0.1, 0.15) is 0 Å². The lowest BCUT2D eigenvalue weighted by atomic mass is 9.82. The molecule has 0 saturated carbocycles. The maximum absolute atomic E-state index is 2.69. The van der Waals surface area contributed by atoms with Gasteiger partial charge in [0.25, 0.3) is 0 Å². The number of rotatable bonds is 8. The van der Waals surface area contributed by atoms with E-state index in [2.05, 4.69) is 122 Å². The minimum atomic E-state index is 0.000645. The topological polar surface area (TPSA) is 6.48 Å². The number of hydrogen-bond acceptors (Lipinski definition) is 2. The van der Waals surface area contributed by atoms with Gasteiger partial charge in [-0.05, 0) is 97.4 Å². The van der Waals surface area contributed by atoms with E-state index in [1.165, 1.54) is 33.6 Å². The standard InChI is InChI=1S/C28H44N2/c1-12-24(6)30(26-22(4)17-14-18-23(26)5)28(9,10)19-27(7,8)29(11)25-20(2)15-13-16-21(25)3/h13-18,24H,12,19H2,1-11H3. The Balaban J connectivity index is 2.48. The Kier molecular flexibility index (Phi) is 7.32. The first-order valence-electron chi connectivity index (χ1n) is 11.5. The zero-order chi connectivity index (χ0) is 22.9. The fourth-order valence-electron chi connectivity index (χ4n) is 5.39. The van der Waals surface area contributed by atoms with Crippen molar-refractivity contribution in [3.8, 4) is 0 Å². The Bertz CT molecular complexity index is 822. The molecule has 2 aromatic rings. The van der Waals surface area contributed by atoms with Gasteiger partial charge in [0.2, 0.25) is 0 Å². The Morgan fingerprint density at radius 3 is 1.53 bits per heavy atom. The molecule has 0 aliphatic heterocycles. The average molecular weight is 409 g/mol. The van der Waals surface area contributed by atoms with Crippen molar-refractivity contribution >= 4 is 11.4 Å². The van der Waals surface area contributed by atoms with Crippen LogP contribution in [0.15, 0.2) is 36.4 Å². The molecular weight excluding hydrogens is 364 g/mol. The van der Waals surface area contributed by atoms with Crippen LogP contribution in [0, 0.1) is 27.7 Å². The number of benzene rings is 2. The predicted octanol–water partition coefficient (Wildman–Crippen LogP) is 7.61. The first kappa shape index (κ1) is 24.3. The Morgan fingerprint density at radius 1 is 0.733 bits per heavy atom. The van der Waals surface area contributed by atoms with Crippen LogP contribution in [-0.4, -0.2) is 24.2 Å². The minimum absolute atomic E-state index is 0.000645. The first-order valence-corrected chi connectivity index (χ1v) is 11.5. The van der Waals surface area contributed by atoms with E-state index < -0.39 is 0 Å². The molecule has 30 heavy (non-hydrogen) atoms. The number of nitrogens with zero attached hydrogens (tertiary/aromatic N) is 2. The van der Waals surface area contributed by atoms with Gasteiger partial charge in [-0.15, -0.1) is 0 Å². The molecule has 0 amide bonds. The van der Waals surface area contributed by atoms with Crippen LogP contribution in [0.5, 0.6) is 0 Å². The smallest absolute Gasteiger partial charge is 0.0432 e. The summed E-state index contributed by atoms with van der Waals surface area (Å²) in [6.45, 7) is 23.2. The number of aryl methyl sites for hydroxylation is 4. The largest absolute Gasteiger partial charge is 0.369 e. The van der Waals surface area contributed by atoms with Crippen LogP contribution < -0.4 is 9.80 Å². The molecule has 0 bridgehead atoms. The minimum Gasteiger partial charge on any atom is -0.369 e. The molecule has 0 radical (unpaired) electrons. The second-order valence-electron chi connectivity index (χ2n) is 10.5. The fourth-order valence-corrected chi connectivity index (χ4v) is 5.39. The summed E-state index contributed by atoms with van der Waals surface area (Å²) in [7, 11) is 2.26. The molecule has 2 heteroatoms. The van der Waals surface area contributed by atoms with Crippen molar-refractivity contribution in [1.82, 2.24) is 0 Å². The van der Waals surface area contributed by atoms with Crippen molar-refractivity contribution in [2.45, 2.75) is 99.2 Å². The third-order valence-electron chi connectivity index (χ3n) is 6.91. The monoisotopic (exact) mass is 408 g/mol. The van der Waals surface area contributed by atoms with Crippen molar-refractivity contribution < 1.29 is 0 Å². The van der Waals surface area contributed by atoms with Gasteiger partial charge in [0.15, 0.2) is 0 Å². The summed E-state index contributed by atoms with van der Waals surface area (Å²) in [5, 5.41) is 0. The highest BCUT2D eigenvalue weighted by Crippen LogP contribution is 2.40. The third kappa shape index (κ3) is 4.85. The van der Waals surface area contributed by atoms with Gasteiger partial charge in [0.05, 0.1) is 0 Å². The van der Waals surface area contributed by atoms with E-state index in [0.29, 0.717) is 6.04 Å². The van der Waals surface area contributed by atoms with E-state index in [4.69, 9.17) is 0 Å². The SMILES string of the molecule is CCC(C)N(c1c(C)cccc1C)C(C)(C)CC(C)(C)N(C)c1c(C)cccc1C. The van der Waals surface area contributed by atoms with E-state index in [9.17, 15) is 0 Å². The number of anilines is 2. The van der Waals surface area contributed by atoms with Crippen LogP contribution in [0.3, 0.4) is 0 Å². The van der Waals surface area contributed by atoms with Crippen LogP contribution in [0.4, 0.5) is 11.4 Å². The summed E-state index contributed by atoms with van der Waals surface area (Å²) in [5.41, 5.74) is 8.19. The van der Waals surface area contributed by atoms with Gasteiger partial charge in [-0.2, -0.15) is 0 Å². The van der Waals surface area contributed by atoms with E-state index in [1.807, 2.05) is 0 Å². The van der Waals surface area contributed by atoms with Crippen molar-refractivity contribution in [2.24, 2.45) is 0 Å². The van der Waals surface area contributed by atoms with Crippen LogP contribution in [0.1, 0.15) is 76.6 Å². The summed E-state index contributed by atoms with van der Waals surface area (Å²) in [6, 6.07) is 13.8. The van der Waals surface area contributed by atoms with E-state index in [1.54, 1.807) is 0 Å². The van der Waals surface area contributed by atoms with Gasteiger partial charge in [-0.1, -0.05) is 43.3 Å². The first-order chi connectivity index (χ1) is 13.8. The quantitative estimate of drug-likeness (QED) is 0.443. The predicted molar refractivity (Wildman–Crippen MR) is 135 cm³/mol. The highest BCUT2D eigenvalue weighted by molar-refractivity contribution is 5.62.